The summed E-state index contributed by atoms with van der Waals surface area (Å²) in [6, 6.07) is 15.0. The molecule has 1 heterocycles. The van der Waals surface area contributed by atoms with Crippen LogP contribution in [0.3, 0.4) is 0 Å². The lowest BCUT2D eigenvalue weighted by atomic mass is 10.0. The highest BCUT2D eigenvalue weighted by Crippen LogP contribution is 2.35. The molecule has 28 heavy (non-hydrogen) atoms. The van der Waals surface area contributed by atoms with Crippen molar-refractivity contribution in [2.45, 2.75) is 20.8 Å². The van der Waals surface area contributed by atoms with E-state index in [2.05, 4.69) is 0 Å². The van der Waals surface area contributed by atoms with E-state index >= 15 is 0 Å². The van der Waals surface area contributed by atoms with Gasteiger partial charge in [0.1, 0.15) is 5.75 Å². The van der Waals surface area contributed by atoms with Crippen LogP contribution in [0.25, 0.3) is 6.08 Å². The minimum Gasteiger partial charge on any atom is -0.494 e. The van der Waals surface area contributed by atoms with Crippen molar-refractivity contribution in [3.05, 3.63) is 76.5 Å². The number of carbonyl (C=O) groups excluding carboxylic acids is 2. The van der Waals surface area contributed by atoms with Crippen molar-refractivity contribution in [2.75, 3.05) is 18.6 Å². The average Bonchev–Trinajstić information content (AvgIpc) is 2.93. The third-order valence-corrected chi connectivity index (χ3v) is 4.55. The third-order valence-electron chi connectivity index (χ3n) is 4.55. The Bertz CT molecular complexity index is 970. The van der Waals surface area contributed by atoms with Crippen molar-refractivity contribution < 1.29 is 19.1 Å². The number of esters is 1. The summed E-state index contributed by atoms with van der Waals surface area (Å²) < 4.78 is 10.4. The van der Waals surface area contributed by atoms with E-state index in [1.807, 2.05) is 62.4 Å². The lowest BCUT2D eigenvalue weighted by molar-refractivity contribution is -0.136. The molecule has 144 valence electrons. The first-order valence-electron chi connectivity index (χ1n) is 9.11. The fraction of sp³-hybridized carbons (Fsp3) is 0.217. The smallest absolute Gasteiger partial charge is 0.340 e. The summed E-state index contributed by atoms with van der Waals surface area (Å²) in [6.07, 6.45) is 1.71. The van der Waals surface area contributed by atoms with Gasteiger partial charge < -0.3 is 9.47 Å². The van der Waals surface area contributed by atoms with Crippen molar-refractivity contribution in [1.82, 2.24) is 0 Å². The summed E-state index contributed by atoms with van der Waals surface area (Å²) in [7, 11) is 1.32. The fourth-order valence-electron chi connectivity index (χ4n) is 3.25. The maximum Gasteiger partial charge on any atom is 0.340 e. The predicted octanol–water partition coefficient (Wildman–Crippen LogP) is 4.27. The van der Waals surface area contributed by atoms with E-state index < -0.39 is 5.97 Å². The Kier molecular flexibility index (Phi) is 5.64. The Morgan fingerprint density at radius 2 is 1.82 bits per heavy atom. The van der Waals surface area contributed by atoms with Gasteiger partial charge in [-0.15, -0.1) is 0 Å². The van der Waals surface area contributed by atoms with Crippen LogP contribution in [0.1, 0.15) is 25.0 Å². The zero-order valence-electron chi connectivity index (χ0n) is 16.5. The molecule has 0 aromatic heterocycles. The maximum absolute atomic E-state index is 13.2. The lowest BCUT2D eigenvalue weighted by Crippen LogP contribution is -2.24. The molecule has 0 atom stereocenters. The summed E-state index contributed by atoms with van der Waals surface area (Å²) in [5.74, 6) is -0.0284. The number of hydrogen-bond acceptors (Lipinski definition) is 4. The standard InChI is InChI=1S/C23H23NO4/c1-5-28-19-11-9-17(10-12-19)14-20-21(23(26)27-4)16(3)24(22(20)25)18-8-6-7-15(2)13-18/h6-14H,5H2,1-4H3/b20-14-. The third kappa shape index (κ3) is 3.69. The van der Waals surface area contributed by atoms with E-state index in [1.165, 1.54) is 7.11 Å². The molecule has 0 fully saturated rings. The zero-order valence-corrected chi connectivity index (χ0v) is 16.5. The van der Waals surface area contributed by atoms with Gasteiger partial charge >= 0.3 is 5.97 Å². The number of rotatable bonds is 5. The van der Waals surface area contributed by atoms with Gasteiger partial charge in [-0.3, -0.25) is 9.69 Å². The molecule has 1 aliphatic rings. The number of ether oxygens (including phenoxy) is 2. The molecule has 5 nitrogen and oxygen atoms in total. The molecule has 3 rings (SSSR count). The van der Waals surface area contributed by atoms with Crippen LogP contribution < -0.4 is 9.64 Å². The topological polar surface area (TPSA) is 55.8 Å². The number of nitrogens with zero attached hydrogens (tertiary/aromatic N) is 1. The molecular formula is C23H23NO4. The van der Waals surface area contributed by atoms with E-state index in [9.17, 15) is 9.59 Å². The van der Waals surface area contributed by atoms with Gasteiger partial charge in [-0.2, -0.15) is 0 Å². The molecule has 5 heteroatoms. The number of benzene rings is 2. The average molecular weight is 377 g/mol. The molecule has 2 aromatic carbocycles. The van der Waals surface area contributed by atoms with Gasteiger partial charge in [-0.1, -0.05) is 24.3 Å². The van der Waals surface area contributed by atoms with Crippen LogP contribution in [-0.2, 0) is 14.3 Å². The largest absolute Gasteiger partial charge is 0.494 e. The Hall–Kier alpha value is -3.34. The van der Waals surface area contributed by atoms with Crippen molar-refractivity contribution in [3.8, 4) is 5.75 Å². The molecule has 0 spiro atoms. The normalized spacial score (nSPS) is 15.4. The minimum absolute atomic E-state index is 0.252. The number of carbonyl (C=O) groups is 2. The maximum atomic E-state index is 13.2. The van der Waals surface area contributed by atoms with Gasteiger partial charge in [-0.25, -0.2) is 4.79 Å². The summed E-state index contributed by atoms with van der Waals surface area (Å²) in [5, 5.41) is 0. The highest BCUT2D eigenvalue weighted by molar-refractivity contribution is 6.23. The van der Waals surface area contributed by atoms with Crippen molar-refractivity contribution in [3.63, 3.8) is 0 Å². The first-order valence-corrected chi connectivity index (χ1v) is 9.11. The van der Waals surface area contributed by atoms with Crippen LogP contribution in [0.15, 0.2) is 65.4 Å². The highest BCUT2D eigenvalue weighted by Gasteiger charge is 2.37. The summed E-state index contributed by atoms with van der Waals surface area (Å²) in [4.78, 5) is 27.2. The summed E-state index contributed by atoms with van der Waals surface area (Å²) in [5.41, 5.74) is 3.70. The molecule has 0 bridgehead atoms. The summed E-state index contributed by atoms with van der Waals surface area (Å²) in [6.45, 7) is 6.22. The first kappa shape index (κ1) is 19.4. The Morgan fingerprint density at radius 1 is 1.11 bits per heavy atom. The zero-order chi connectivity index (χ0) is 20.3. The van der Waals surface area contributed by atoms with E-state index in [4.69, 9.17) is 9.47 Å². The number of aryl methyl sites for hydroxylation is 1. The first-order chi connectivity index (χ1) is 13.5. The molecule has 0 saturated heterocycles. The second kappa shape index (κ2) is 8.13. The predicted molar refractivity (Wildman–Crippen MR) is 109 cm³/mol. The number of allylic oxidation sites excluding steroid dienone is 1. The fourth-order valence-corrected chi connectivity index (χ4v) is 3.25. The van der Waals surface area contributed by atoms with Crippen molar-refractivity contribution in [1.29, 1.82) is 0 Å². The van der Waals surface area contributed by atoms with Gasteiger partial charge in [0.25, 0.3) is 5.91 Å². The Labute approximate surface area is 164 Å². The van der Waals surface area contributed by atoms with Crippen LogP contribution in [0.2, 0.25) is 0 Å². The van der Waals surface area contributed by atoms with Crippen LogP contribution in [0.5, 0.6) is 5.75 Å². The second-order valence-corrected chi connectivity index (χ2v) is 6.49. The monoisotopic (exact) mass is 377 g/mol. The quantitative estimate of drug-likeness (QED) is 0.577. The van der Waals surface area contributed by atoms with Crippen LogP contribution >= 0.6 is 0 Å². The van der Waals surface area contributed by atoms with E-state index in [-0.39, 0.29) is 11.5 Å². The van der Waals surface area contributed by atoms with E-state index in [0.29, 0.717) is 17.9 Å². The van der Waals surface area contributed by atoms with E-state index in [1.54, 1.807) is 17.9 Å². The molecule has 0 saturated carbocycles. The second-order valence-electron chi connectivity index (χ2n) is 6.49. The minimum atomic E-state index is -0.529. The van der Waals surface area contributed by atoms with Gasteiger partial charge in [0, 0.05) is 11.4 Å². The number of hydrogen-bond donors (Lipinski definition) is 0. The van der Waals surface area contributed by atoms with Crippen LogP contribution in [0, 0.1) is 6.92 Å². The van der Waals surface area contributed by atoms with Crippen LogP contribution in [0.4, 0.5) is 5.69 Å². The Balaban J connectivity index is 2.06. The van der Waals surface area contributed by atoms with Gasteiger partial charge in [-0.05, 0) is 62.2 Å². The molecule has 1 aliphatic heterocycles. The molecule has 0 radical (unpaired) electrons. The molecule has 1 amide bonds. The number of anilines is 1. The SMILES string of the molecule is CCOc1ccc(/C=C2\C(=O)N(c3cccc(C)c3)C(C)=C2C(=O)OC)cc1. The van der Waals surface area contributed by atoms with Crippen LogP contribution in [-0.4, -0.2) is 25.6 Å². The number of methoxy groups -OCH3 is 1. The molecular weight excluding hydrogens is 354 g/mol. The lowest BCUT2D eigenvalue weighted by Gasteiger charge is -2.18. The van der Waals surface area contributed by atoms with Gasteiger partial charge in [0.15, 0.2) is 0 Å². The highest BCUT2D eigenvalue weighted by atomic mass is 16.5. The Morgan fingerprint density at radius 3 is 2.43 bits per heavy atom. The molecule has 0 N–H and O–H groups in total. The summed E-state index contributed by atoms with van der Waals surface area (Å²) >= 11 is 0. The van der Waals surface area contributed by atoms with Crippen molar-refractivity contribution >= 4 is 23.6 Å². The van der Waals surface area contributed by atoms with Gasteiger partial charge in [0.2, 0.25) is 0 Å². The molecule has 2 aromatic rings. The molecule has 0 aliphatic carbocycles. The van der Waals surface area contributed by atoms with Crippen molar-refractivity contribution in [2.24, 2.45) is 0 Å². The number of amides is 1. The van der Waals surface area contributed by atoms with Gasteiger partial charge in [0.05, 0.1) is 24.9 Å². The molecule has 0 unspecified atom stereocenters. The van der Waals surface area contributed by atoms with E-state index in [0.717, 1.165) is 22.6 Å².